The first kappa shape index (κ1) is 16.0. The van der Waals surface area contributed by atoms with Crippen LogP contribution in [0.25, 0.3) is 0 Å². The van der Waals surface area contributed by atoms with Gasteiger partial charge in [0.25, 0.3) is 0 Å². The van der Waals surface area contributed by atoms with Crippen LogP contribution in [0.3, 0.4) is 0 Å². The third-order valence-electron chi connectivity index (χ3n) is 5.35. The predicted molar refractivity (Wildman–Crippen MR) is 96.6 cm³/mol. The lowest BCUT2D eigenvalue weighted by atomic mass is 9.75. The van der Waals surface area contributed by atoms with E-state index in [4.69, 9.17) is 9.73 Å². The normalized spacial score (nSPS) is 29.2. The Morgan fingerprint density at radius 2 is 2.17 bits per heavy atom. The SMILES string of the molecule is C=CC[C@]12CCC[C@H]1C(OCC)=CC2=N[C@H](C)c1ccccc1. The van der Waals surface area contributed by atoms with Crippen molar-refractivity contribution in [2.45, 2.75) is 45.6 Å². The second kappa shape index (κ2) is 6.74. The van der Waals surface area contributed by atoms with E-state index >= 15 is 0 Å². The molecule has 0 aromatic heterocycles. The van der Waals surface area contributed by atoms with Gasteiger partial charge in [-0.1, -0.05) is 42.8 Å². The zero-order valence-electron chi connectivity index (χ0n) is 14.3. The Morgan fingerprint density at radius 3 is 2.87 bits per heavy atom. The molecule has 23 heavy (non-hydrogen) atoms. The quantitative estimate of drug-likeness (QED) is 0.637. The molecule has 0 unspecified atom stereocenters. The monoisotopic (exact) mass is 309 g/mol. The highest BCUT2D eigenvalue weighted by molar-refractivity contribution is 6.03. The summed E-state index contributed by atoms with van der Waals surface area (Å²) in [4.78, 5) is 5.12. The maximum Gasteiger partial charge on any atom is 0.102 e. The number of fused-ring (bicyclic) bond motifs is 1. The van der Waals surface area contributed by atoms with Crippen LogP contribution in [0.5, 0.6) is 0 Å². The summed E-state index contributed by atoms with van der Waals surface area (Å²) in [7, 11) is 0. The average Bonchev–Trinajstić information content (AvgIpc) is 3.09. The van der Waals surface area contributed by atoms with Crippen LogP contribution in [0.1, 0.15) is 51.1 Å². The second-order valence-corrected chi connectivity index (χ2v) is 6.67. The second-order valence-electron chi connectivity index (χ2n) is 6.67. The third kappa shape index (κ3) is 2.87. The van der Waals surface area contributed by atoms with Crippen LogP contribution in [0.4, 0.5) is 0 Å². The highest BCUT2D eigenvalue weighted by Crippen LogP contribution is 2.55. The van der Waals surface area contributed by atoms with E-state index in [1.807, 2.05) is 0 Å². The molecule has 0 heterocycles. The van der Waals surface area contributed by atoms with Crippen molar-refractivity contribution in [1.29, 1.82) is 0 Å². The molecule has 0 N–H and O–H groups in total. The van der Waals surface area contributed by atoms with E-state index in [2.05, 4.69) is 62.9 Å². The van der Waals surface area contributed by atoms with Gasteiger partial charge in [0, 0.05) is 17.0 Å². The Labute approximate surface area is 140 Å². The van der Waals surface area contributed by atoms with Gasteiger partial charge in [-0.15, -0.1) is 6.58 Å². The molecule has 1 fully saturated rings. The van der Waals surface area contributed by atoms with Crippen LogP contribution in [0.2, 0.25) is 0 Å². The van der Waals surface area contributed by atoms with Gasteiger partial charge in [-0.25, -0.2) is 0 Å². The fraction of sp³-hybridized carbons (Fsp3) is 0.476. The molecule has 2 aliphatic rings. The van der Waals surface area contributed by atoms with Gasteiger partial charge >= 0.3 is 0 Å². The Kier molecular flexibility index (Phi) is 4.70. The lowest BCUT2D eigenvalue weighted by molar-refractivity contribution is 0.169. The number of aliphatic imine (C=N–C) groups is 1. The molecule has 0 amide bonds. The van der Waals surface area contributed by atoms with E-state index in [0.29, 0.717) is 5.92 Å². The first-order valence-electron chi connectivity index (χ1n) is 8.79. The van der Waals surface area contributed by atoms with E-state index < -0.39 is 0 Å². The number of hydrogen-bond donors (Lipinski definition) is 0. The van der Waals surface area contributed by atoms with E-state index in [0.717, 1.165) is 18.8 Å². The number of hydrogen-bond acceptors (Lipinski definition) is 2. The summed E-state index contributed by atoms with van der Waals surface area (Å²) in [6, 6.07) is 10.7. The van der Waals surface area contributed by atoms with Crippen LogP contribution >= 0.6 is 0 Å². The summed E-state index contributed by atoms with van der Waals surface area (Å²) in [6.45, 7) is 8.98. The fourth-order valence-corrected chi connectivity index (χ4v) is 4.27. The molecule has 0 radical (unpaired) electrons. The van der Waals surface area contributed by atoms with Crippen molar-refractivity contribution in [2.75, 3.05) is 6.61 Å². The molecule has 1 aromatic carbocycles. The molecule has 0 aliphatic heterocycles. The molecule has 3 rings (SSSR count). The number of rotatable bonds is 6. The summed E-state index contributed by atoms with van der Waals surface area (Å²) in [5.74, 6) is 1.63. The zero-order chi connectivity index (χ0) is 16.3. The van der Waals surface area contributed by atoms with Crippen molar-refractivity contribution < 1.29 is 4.74 Å². The topological polar surface area (TPSA) is 21.6 Å². The maximum absolute atomic E-state index is 5.95. The molecule has 2 aliphatic carbocycles. The molecular formula is C21H27NO. The van der Waals surface area contributed by atoms with Crippen molar-refractivity contribution in [3.05, 3.63) is 60.4 Å². The summed E-state index contributed by atoms with van der Waals surface area (Å²) >= 11 is 0. The van der Waals surface area contributed by atoms with Gasteiger partial charge in [-0.2, -0.15) is 0 Å². The molecule has 2 heteroatoms. The summed E-state index contributed by atoms with van der Waals surface area (Å²) in [6.07, 6.45) is 8.92. The molecule has 1 aromatic rings. The van der Waals surface area contributed by atoms with Crippen molar-refractivity contribution in [3.63, 3.8) is 0 Å². The van der Waals surface area contributed by atoms with Crippen molar-refractivity contribution in [1.82, 2.24) is 0 Å². The lowest BCUT2D eigenvalue weighted by Gasteiger charge is -2.30. The minimum Gasteiger partial charge on any atom is -0.498 e. The summed E-state index contributed by atoms with van der Waals surface area (Å²) in [5, 5.41) is 0. The van der Waals surface area contributed by atoms with E-state index in [9.17, 15) is 0 Å². The van der Waals surface area contributed by atoms with Gasteiger partial charge in [0.1, 0.15) is 5.76 Å². The Morgan fingerprint density at radius 1 is 1.39 bits per heavy atom. The van der Waals surface area contributed by atoms with Crippen LogP contribution in [-0.4, -0.2) is 12.3 Å². The van der Waals surface area contributed by atoms with Gasteiger partial charge in [-0.05, 0) is 44.7 Å². The van der Waals surface area contributed by atoms with E-state index in [-0.39, 0.29) is 11.5 Å². The number of nitrogens with zero attached hydrogens (tertiary/aromatic N) is 1. The van der Waals surface area contributed by atoms with Crippen molar-refractivity contribution in [2.24, 2.45) is 16.3 Å². The first-order valence-corrected chi connectivity index (χ1v) is 8.79. The molecular weight excluding hydrogens is 282 g/mol. The fourth-order valence-electron chi connectivity index (χ4n) is 4.27. The minimum absolute atomic E-state index is 0.120. The maximum atomic E-state index is 5.95. The van der Waals surface area contributed by atoms with Crippen LogP contribution in [-0.2, 0) is 4.74 Å². The Hall–Kier alpha value is -1.83. The van der Waals surface area contributed by atoms with Gasteiger partial charge in [0.15, 0.2) is 0 Å². The van der Waals surface area contributed by atoms with Crippen LogP contribution in [0, 0.1) is 11.3 Å². The molecule has 3 atom stereocenters. The predicted octanol–water partition coefficient (Wildman–Crippen LogP) is 5.49. The lowest BCUT2D eigenvalue weighted by Crippen LogP contribution is -2.30. The standard InChI is InChI=1S/C21H27NO/c1-4-13-21-14-9-12-18(21)19(23-5-2)15-20(21)22-16(3)17-10-7-6-8-11-17/h4,6-8,10-11,15-16,18H,1,5,9,12-14H2,2-3H3/t16-,18+,21+/m1/s1. The van der Waals surface area contributed by atoms with Crippen molar-refractivity contribution >= 4 is 5.71 Å². The van der Waals surface area contributed by atoms with E-state index in [1.54, 1.807) is 0 Å². The van der Waals surface area contributed by atoms with Crippen molar-refractivity contribution in [3.8, 4) is 0 Å². The van der Waals surface area contributed by atoms with Gasteiger partial charge in [0.05, 0.1) is 12.6 Å². The number of allylic oxidation sites excluding steroid dienone is 3. The van der Waals surface area contributed by atoms with Crippen LogP contribution < -0.4 is 0 Å². The Bertz CT molecular complexity index is 616. The van der Waals surface area contributed by atoms with Gasteiger partial charge in [-0.3, -0.25) is 4.99 Å². The highest BCUT2D eigenvalue weighted by Gasteiger charge is 2.51. The molecule has 2 nitrogen and oxygen atoms in total. The first-order chi connectivity index (χ1) is 11.2. The van der Waals surface area contributed by atoms with Crippen LogP contribution in [0.15, 0.2) is 59.8 Å². The molecule has 1 saturated carbocycles. The zero-order valence-corrected chi connectivity index (χ0v) is 14.3. The molecule has 0 spiro atoms. The third-order valence-corrected chi connectivity index (χ3v) is 5.35. The Balaban J connectivity index is 1.97. The summed E-state index contributed by atoms with van der Waals surface area (Å²) in [5.41, 5.74) is 2.61. The minimum atomic E-state index is 0.120. The van der Waals surface area contributed by atoms with E-state index in [1.165, 1.54) is 30.5 Å². The molecule has 122 valence electrons. The summed E-state index contributed by atoms with van der Waals surface area (Å²) < 4.78 is 5.95. The number of ether oxygens (including phenoxy) is 1. The highest BCUT2D eigenvalue weighted by atomic mass is 16.5. The average molecular weight is 309 g/mol. The largest absolute Gasteiger partial charge is 0.498 e. The van der Waals surface area contributed by atoms with Gasteiger partial charge in [0.2, 0.25) is 0 Å². The number of benzene rings is 1. The molecule has 0 saturated heterocycles. The van der Waals surface area contributed by atoms with Gasteiger partial charge < -0.3 is 4.74 Å². The smallest absolute Gasteiger partial charge is 0.102 e. The molecule has 0 bridgehead atoms.